The zero-order chi connectivity index (χ0) is 26.1. The normalized spacial score (nSPS) is 14.2. The molecule has 0 saturated carbocycles. The molecular weight excluding hydrogens is 536 g/mol. The van der Waals surface area contributed by atoms with Crippen molar-refractivity contribution in [2.75, 3.05) is 18.2 Å². The lowest BCUT2D eigenvalue weighted by molar-refractivity contribution is 0.280. The molecule has 2 aromatic carbocycles. The largest absolute Gasteiger partial charge is 0.416 e. The maximum absolute atomic E-state index is 12.0. The van der Waals surface area contributed by atoms with Crippen LogP contribution in [0.3, 0.4) is 0 Å². The van der Waals surface area contributed by atoms with Gasteiger partial charge in [-0.25, -0.2) is 8.42 Å². The molecule has 0 aromatic heterocycles. The lowest BCUT2D eigenvalue weighted by Crippen LogP contribution is -2.41. The minimum absolute atomic E-state index is 0.0805. The molecule has 194 valence electrons. The van der Waals surface area contributed by atoms with Gasteiger partial charge >= 0.3 is 0 Å². The van der Waals surface area contributed by atoms with Crippen molar-refractivity contribution in [2.24, 2.45) is 0 Å². The number of alkyl halides is 1. The van der Waals surface area contributed by atoms with Crippen LogP contribution in [0.4, 0.5) is 0 Å². The van der Waals surface area contributed by atoms with E-state index >= 15 is 0 Å². The highest BCUT2D eigenvalue weighted by molar-refractivity contribution is 9.09. The number of hydrogen-bond acceptors (Lipinski definition) is 3. The zero-order valence-corrected chi connectivity index (χ0v) is 25.7. The topological polar surface area (TPSA) is 43.4 Å². The van der Waals surface area contributed by atoms with Gasteiger partial charge in [0.1, 0.15) is 0 Å². The molecule has 0 aliphatic carbocycles. The van der Waals surface area contributed by atoms with Crippen molar-refractivity contribution in [3.8, 4) is 0 Å². The first-order valence-corrected chi connectivity index (χ1v) is 18.5. The van der Waals surface area contributed by atoms with Gasteiger partial charge in [-0.1, -0.05) is 98.1 Å². The van der Waals surface area contributed by atoms with Crippen LogP contribution in [0.15, 0.2) is 65.6 Å². The molecule has 0 aliphatic heterocycles. The molecule has 1 unspecified atom stereocenters. The molecular formula is C29H43BrO3SSi. The Morgan fingerprint density at radius 2 is 1.57 bits per heavy atom. The van der Waals surface area contributed by atoms with Crippen LogP contribution in [0.1, 0.15) is 69.9 Å². The smallest absolute Gasteiger partial charge is 0.192 e. The van der Waals surface area contributed by atoms with Gasteiger partial charge in [0, 0.05) is 24.1 Å². The molecule has 0 N–H and O–H groups in total. The number of allylic oxidation sites excluding steroid dienone is 1. The Hall–Kier alpha value is -1.21. The summed E-state index contributed by atoms with van der Waals surface area (Å²) in [5.74, 6) is 0.0805. The minimum atomic E-state index is -3.24. The van der Waals surface area contributed by atoms with Crippen molar-refractivity contribution in [1.29, 1.82) is 0 Å². The van der Waals surface area contributed by atoms with E-state index < -0.39 is 18.2 Å². The second-order valence-corrected chi connectivity index (χ2v) is 18.5. The first-order valence-electron chi connectivity index (χ1n) is 12.6. The van der Waals surface area contributed by atoms with Crippen molar-refractivity contribution < 1.29 is 12.8 Å². The summed E-state index contributed by atoms with van der Waals surface area (Å²) in [4.78, 5) is 0.351. The number of hydrogen-bond donors (Lipinski definition) is 0. The number of rotatable bonds is 13. The second kappa shape index (κ2) is 13.4. The summed E-state index contributed by atoms with van der Waals surface area (Å²) >= 11 is 3.52. The Balaban J connectivity index is 2.45. The third-order valence-electron chi connectivity index (χ3n) is 7.06. The molecule has 0 amide bonds. The van der Waals surface area contributed by atoms with E-state index in [1.165, 1.54) is 36.7 Å². The molecule has 0 bridgehead atoms. The molecule has 0 heterocycles. The highest BCUT2D eigenvalue weighted by Gasteiger charge is 2.38. The minimum Gasteiger partial charge on any atom is -0.416 e. The summed E-state index contributed by atoms with van der Waals surface area (Å²) < 4.78 is 30.8. The van der Waals surface area contributed by atoms with Crippen molar-refractivity contribution in [2.45, 2.75) is 81.8 Å². The summed E-state index contributed by atoms with van der Waals surface area (Å²) in [7, 11) is -5.18. The number of benzene rings is 2. The number of halogens is 1. The van der Waals surface area contributed by atoms with Gasteiger partial charge in [0.2, 0.25) is 0 Å². The SMILES string of the molecule is CC(C)(C)[Si](C)(C)OCC(/C(=C\CCCCCCBr)c1ccc(S(C)(=O)=O)cc1)c1ccccc1. The first-order chi connectivity index (χ1) is 16.4. The first kappa shape index (κ1) is 30.0. The molecule has 0 radical (unpaired) electrons. The van der Waals surface area contributed by atoms with Crippen LogP contribution in [-0.2, 0) is 14.3 Å². The van der Waals surface area contributed by atoms with Gasteiger partial charge in [0.05, 0.1) is 4.90 Å². The Morgan fingerprint density at radius 3 is 2.11 bits per heavy atom. The summed E-state index contributed by atoms with van der Waals surface area (Å²) in [6.07, 6.45) is 9.39. The highest BCUT2D eigenvalue weighted by atomic mass is 79.9. The molecule has 0 aliphatic rings. The molecule has 1 atom stereocenters. The quantitative estimate of drug-likeness (QED) is 0.136. The average Bonchev–Trinajstić information content (AvgIpc) is 2.79. The molecule has 0 saturated heterocycles. The third kappa shape index (κ3) is 9.31. The summed E-state index contributed by atoms with van der Waals surface area (Å²) in [5.41, 5.74) is 3.50. The standard InChI is InChI=1S/C29H43BrO3SSi/c1-29(2,3)35(5,6)33-23-28(24-15-11-10-12-16-24)27(17-13-8-7-9-14-22-30)25-18-20-26(21-19-25)34(4,31)32/h10-12,15-21,28H,7-9,13-14,22-23H2,1-6H3/b27-17-. The van der Waals surface area contributed by atoms with Crippen LogP contribution in [0.2, 0.25) is 18.1 Å². The fraction of sp³-hybridized carbons (Fsp3) is 0.517. The predicted molar refractivity (Wildman–Crippen MR) is 157 cm³/mol. The average molecular weight is 580 g/mol. The number of unbranched alkanes of at least 4 members (excludes halogenated alkanes) is 4. The summed E-state index contributed by atoms with van der Waals surface area (Å²) in [6, 6.07) is 17.9. The molecule has 0 spiro atoms. The van der Waals surface area contributed by atoms with E-state index in [0.29, 0.717) is 11.5 Å². The van der Waals surface area contributed by atoms with Crippen LogP contribution in [0.5, 0.6) is 0 Å². The van der Waals surface area contributed by atoms with Gasteiger partial charge in [0.15, 0.2) is 18.2 Å². The molecule has 35 heavy (non-hydrogen) atoms. The fourth-order valence-electron chi connectivity index (χ4n) is 3.76. The Labute approximate surface area is 223 Å². The van der Waals surface area contributed by atoms with Crippen LogP contribution in [0.25, 0.3) is 5.57 Å². The zero-order valence-electron chi connectivity index (χ0n) is 22.3. The van der Waals surface area contributed by atoms with Gasteiger partial charge in [-0.05, 0) is 66.2 Å². The highest BCUT2D eigenvalue weighted by Crippen LogP contribution is 2.40. The molecule has 2 aromatic rings. The molecule has 3 nitrogen and oxygen atoms in total. The third-order valence-corrected chi connectivity index (χ3v) is 13.3. The molecule has 2 rings (SSSR count). The van der Waals surface area contributed by atoms with E-state index in [9.17, 15) is 8.42 Å². The molecule has 0 fully saturated rings. The Kier molecular flexibility index (Phi) is 11.5. The van der Waals surface area contributed by atoms with Crippen LogP contribution < -0.4 is 0 Å². The van der Waals surface area contributed by atoms with Crippen LogP contribution >= 0.6 is 15.9 Å². The Morgan fingerprint density at radius 1 is 0.971 bits per heavy atom. The second-order valence-electron chi connectivity index (χ2n) is 10.9. The summed E-state index contributed by atoms with van der Waals surface area (Å²) in [5, 5.41) is 1.19. The van der Waals surface area contributed by atoms with Crippen molar-refractivity contribution in [3.63, 3.8) is 0 Å². The van der Waals surface area contributed by atoms with Gasteiger partial charge < -0.3 is 4.43 Å². The van der Waals surface area contributed by atoms with Crippen molar-refractivity contribution >= 4 is 39.7 Å². The van der Waals surface area contributed by atoms with Gasteiger partial charge in [0.25, 0.3) is 0 Å². The monoisotopic (exact) mass is 578 g/mol. The van der Waals surface area contributed by atoms with Gasteiger partial charge in [-0.2, -0.15) is 0 Å². The van der Waals surface area contributed by atoms with Crippen LogP contribution in [0, 0.1) is 0 Å². The Bertz CT molecular complexity index is 1040. The van der Waals surface area contributed by atoms with E-state index in [-0.39, 0.29) is 11.0 Å². The van der Waals surface area contributed by atoms with E-state index in [0.717, 1.165) is 23.7 Å². The number of sulfone groups is 1. The maximum atomic E-state index is 12.0. The van der Waals surface area contributed by atoms with E-state index in [2.05, 4.69) is 80.1 Å². The maximum Gasteiger partial charge on any atom is 0.192 e. The van der Waals surface area contributed by atoms with E-state index in [1.54, 1.807) is 12.1 Å². The van der Waals surface area contributed by atoms with Crippen molar-refractivity contribution in [3.05, 3.63) is 71.8 Å². The van der Waals surface area contributed by atoms with E-state index in [4.69, 9.17) is 4.43 Å². The van der Waals surface area contributed by atoms with Gasteiger partial charge in [-0.3, -0.25) is 0 Å². The van der Waals surface area contributed by atoms with E-state index in [1.807, 2.05) is 18.2 Å². The van der Waals surface area contributed by atoms with Gasteiger partial charge in [-0.15, -0.1) is 0 Å². The summed E-state index contributed by atoms with van der Waals surface area (Å²) in [6.45, 7) is 12.0. The van der Waals surface area contributed by atoms with Crippen molar-refractivity contribution in [1.82, 2.24) is 0 Å². The lowest BCUT2D eigenvalue weighted by Gasteiger charge is -2.37. The molecule has 6 heteroatoms. The van der Waals surface area contributed by atoms with Crippen LogP contribution in [-0.4, -0.2) is 34.9 Å². The predicted octanol–water partition coefficient (Wildman–Crippen LogP) is 8.62. The fourth-order valence-corrected chi connectivity index (χ4v) is 5.81. The lowest BCUT2D eigenvalue weighted by atomic mass is 9.86.